The minimum absolute atomic E-state index is 0.787. The van der Waals surface area contributed by atoms with E-state index in [-0.39, 0.29) is 0 Å². The predicted molar refractivity (Wildman–Crippen MR) is 125 cm³/mol. The number of ether oxygens (including phenoxy) is 2. The summed E-state index contributed by atoms with van der Waals surface area (Å²) in [5.74, 6) is 3.28. The van der Waals surface area contributed by atoms with Gasteiger partial charge in [0.1, 0.15) is 11.5 Å². The molecule has 0 unspecified atom stereocenters. The number of rotatable bonds is 9. The Balaban J connectivity index is 1.61. The summed E-state index contributed by atoms with van der Waals surface area (Å²) in [7, 11) is 3.36. The molecule has 0 atom stereocenters. The number of nitrogens with zero attached hydrogens (tertiary/aromatic N) is 3. The van der Waals surface area contributed by atoms with Gasteiger partial charge in [-0.05, 0) is 41.8 Å². The monoisotopic (exact) mass is 431 g/mol. The second kappa shape index (κ2) is 10.2. The van der Waals surface area contributed by atoms with Gasteiger partial charge in [-0.3, -0.25) is 0 Å². The van der Waals surface area contributed by atoms with Gasteiger partial charge in [-0.25, -0.2) is 0 Å². The van der Waals surface area contributed by atoms with Crippen LogP contribution in [0.5, 0.6) is 11.5 Å². The number of methoxy groups -OCH3 is 2. The Morgan fingerprint density at radius 3 is 2.26 bits per heavy atom. The summed E-state index contributed by atoms with van der Waals surface area (Å²) < 4.78 is 13.0. The van der Waals surface area contributed by atoms with Crippen LogP contribution in [-0.4, -0.2) is 29.0 Å². The molecule has 0 radical (unpaired) electrons. The molecule has 3 aromatic carbocycles. The Bertz CT molecular complexity index is 1110. The summed E-state index contributed by atoms with van der Waals surface area (Å²) in [5.41, 5.74) is 3.44. The predicted octanol–water partition coefficient (Wildman–Crippen LogP) is 5.50. The molecule has 1 heterocycles. The molecule has 0 bridgehead atoms. The van der Waals surface area contributed by atoms with Crippen LogP contribution in [0.2, 0.25) is 0 Å². The van der Waals surface area contributed by atoms with Crippen LogP contribution in [0.3, 0.4) is 0 Å². The van der Waals surface area contributed by atoms with E-state index in [1.807, 2.05) is 42.5 Å². The van der Waals surface area contributed by atoms with Crippen molar-refractivity contribution >= 4 is 11.8 Å². The topological polar surface area (TPSA) is 49.2 Å². The second-order valence-corrected chi connectivity index (χ2v) is 7.97. The van der Waals surface area contributed by atoms with Gasteiger partial charge < -0.3 is 14.0 Å². The van der Waals surface area contributed by atoms with E-state index in [9.17, 15) is 0 Å². The molecule has 0 aliphatic rings. The molecule has 0 aliphatic carbocycles. The minimum atomic E-state index is 0.787. The van der Waals surface area contributed by atoms with Crippen molar-refractivity contribution in [2.75, 3.05) is 14.2 Å². The highest BCUT2D eigenvalue weighted by Crippen LogP contribution is 2.32. The zero-order valence-electron chi connectivity index (χ0n) is 17.7. The van der Waals surface area contributed by atoms with Crippen molar-refractivity contribution in [1.29, 1.82) is 0 Å². The number of hydrogen-bond acceptors (Lipinski definition) is 5. The molecule has 0 spiro atoms. The Kier molecular flexibility index (Phi) is 6.89. The van der Waals surface area contributed by atoms with Crippen molar-refractivity contribution in [2.45, 2.75) is 23.9 Å². The summed E-state index contributed by atoms with van der Waals surface area (Å²) >= 11 is 1.69. The fourth-order valence-electron chi connectivity index (χ4n) is 3.38. The van der Waals surface area contributed by atoms with Crippen LogP contribution in [-0.2, 0) is 18.7 Å². The van der Waals surface area contributed by atoms with E-state index in [1.54, 1.807) is 26.0 Å². The first-order valence-electron chi connectivity index (χ1n) is 10.1. The molecular weight excluding hydrogens is 406 g/mol. The van der Waals surface area contributed by atoms with Crippen molar-refractivity contribution in [3.8, 4) is 22.9 Å². The Morgan fingerprint density at radius 2 is 1.52 bits per heavy atom. The van der Waals surface area contributed by atoms with Gasteiger partial charge in [0.2, 0.25) is 0 Å². The summed E-state index contributed by atoms with van der Waals surface area (Å²) in [5, 5.41) is 9.96. The van der Waals surface area contributed by atoms with Crippen LogP contribution >= 0.6 is 11.8 Å². The highest BCUT2D eigenvalue weighted by Gasteiger charge is 2.17. The maximum atomic E-state index is 5.58. The zero-order chi connectivity index (χ0) is 21.5. The largest absolute Gasteiger partial charge is 0.497 e. The molecule has 4 rings (SSSR count). The van der Waals surface area contributed by atoms with Crippen molar-refractivity contribution in [1.82, 2.24) is 14.8 Å². The van der Waals surface area contributed by atoms with E-state index < -0.39 is 0 Å². The normalized spacial score (nSPS) is 10.8. The van der Waals surface area contributed by atoms with Crippen LogP contribution < -0.4 is 9.47 Å². The van der Waals surface area contributed by atoms with Gasteiger partial charge in [0, 0.05) is 12.3 Å². The molecule has 1 aromatic heterocycles. The average molecular weight is 432 g/mol. The Morgan fingerprint density at radius 1 is 0.774 bits per heavy atom. The number of para-hydroxylation sites is 1. The average Bonchev–Trinajstić information content (AvgIpc) is 3.24. The number of aryl methyl sites for hydroxylation is 1. The van der Waals surface area contributed by atoms with Crippen molar-refractivity contribution in [3.63, 3.8) is 0 Å². The summed E-state index contributed by atoms with van der Waals surface area (Å²) in [6, 6.07) is 26.6. The first-order chi connectivity index (χ1) is 15.3. The van der Waals surface area contributed by atoms with E-state index in [0.29, 0.717) is 0 Å². The van der Waals surface area contributed by atoms with E-state index >= 15 is 0 Å². The maximum absolute atomic E-state index is 5.58. The van der Waals surface area contributed by atoms with Crippen LogP contribution in [0.4, 0.5) is 0 Å². The molecule has 0 fully saturated rings. The van der Waals surface area contributed by atoms with E-state index in [2.05, 4.69) is 51.2 Å². The third-order valence-corrected chi connectivity index (χ3v) is 6.10. The minimum Gasteiger partial charge on any atom is -0.497 e. The summed E-state index contributed by atoms with van der Waals surface area (Å²) in [6.07, 6.45) is 0.900. The first kappa shape index (κ1) is 21.0. The highest BCUT2D eigenvalue weighted by molar-refractivity contribution is 7.98. The SMILES string of the molecule is COc1ccc(CSc2nnc(-c3ccccc3OC)n2CCc2ccccc2)cc1. The lowest BCUT2D eigenvalue weighted by Gasteiger charge is -2.12. The fraction of sp³-hybridized carbons (Fsp3) is 0.200. The molecule has 0 saturated carbocycles. The fourth-order valence-corrected chi connectivity index (χ4v) is 4.30. The van der Waals surface area contributed by atoms with Crippen LogP contribution in [0, 0.1) is 0 Å². The highest BCUT2D eigenvalue weighted by atomic mass is 32.2. The smallest absolute Gasteiger partial charge is 0.191 e. The van der Waals surface area contributed by atoms with Gasteiger partial charge in [0.15, 0.2) is 11.0 Å². The standard InChI is InChI=1S/C25H25N3O2S/c1-29-21-14-12-20(13-15-21)18-31-25-27-26-24(22-10-6-7-11-23(22)30-2)28(25)17-16-19-8-4-3-5-9-19/h3-15H,16-18H2,1-2H3. The summed E-state index contributed by atoms with van der Waals surface area (Å²) in [4.78, 5) is 0. The lowest BCUT2D eigenvalue weighted by molar-refractivity contribution is 0.414. The van der Waals surface area contributed by atoms with Gasteiger partial charge >= 0.3 is 0 Å². The lowest BCUT2D eigenvalue weighted by atomic mass is 10.1. The number of hydrogen-bond donors (Lipinski definition) is 0. The Hall–Kier alpha value is -3.25. The van der Waals surface area contributed by atoms with E-state index in [4.69, 9.17) is 9.47 Å². The number of thioether (sulfide) groups is 1. The van der Waals surface area contributed by atoms with Gasteiger partial charge in [-0.2, -0.15) is 0 Å². The van der Waals surface area contributed by atoms with Crippen LogP contribution in [0.1, 0.15) is 11.1 Å². The van der Waals surface area contributed by atoms with Crippen molar-refractivity contribution < 1.29 is 9.47 Å². The summed E-state index contributed by atoms with van der Waals surface area (Å²) in [6.45, 7) is 0.787. The molecular formula is C25H25N3O2S. The number of aromatic nitrogens is 3. The lowest BCUT2D eigenvalue weighted by Crippen LogP contribution is -2.06. The molecule has 4 aromatic rings. The van der Waals surface area contributed by atoms with Gasteiger partial charge in [-0.15, -0.1) is 10.2 Å². The molecule has 0 aliphatic heterocycles. The molecule has 158 valence electrons. The van der Waals surface area contributed by atoms with E-state index in [1.165, 1.54) is 11.1 Å². The molecule has 6 heteroatoms. The van der Waals surface area contributed by atoms with E-state index in [0.717, 1.165) is 46.8 Å². The maximum Gasteiger partial charge on any atom is 0.191 e. The third-order valence-electron chi connectivity index (χ3n) is 5.06. The molecule has 0 saturated heterocycles. The van der Waals surface area contributed by atoms with Gasteiger partial charge in [0.05, 0.1) is 19.8 Å². The van der Waals surface area contributed by atoms with Gasteiger partial charge in [0.25, 0.3) is 0 Å². The zero-order valence-corrected chi connectivity index (χ0v) is 18.5. The Labute approximate surface area is 187 Å². The van der Waals surface area contributed by atoms with Crippen LogP contribution in [0.15, 0.2) is 84.0 Å². The third kappa shape index (κ3) is 5.09. The first-order valence-corrected chi connectivity index (χ1v) is 11.1. The quantitative estimate of drug-likeness (QED) is 0.328. The van der Waals surface area contributed by atoms with Crippen molar-refractivity contribution in [3.05, 3.63) is 90.0 Å². The molecule has 31 heavy (non-hydrogen) atoms. The second-order valence-electron chi connectivity index (χ2n) is 7.03. The number of benzene rings is 3. The molecule has 0 N–H and O–H groups in total. The molecule has 5 nitrogen and oxygen atoms in total. The molecule has 0 amide bonds. The van der Waals surface area contributed by atoms with Gasteiger partial charge in [-0.1, -0.05) is 66.4 Å². The van der Waals surface area contributed by atoms with Crippen LogP contribution in [0.25, 0.3) is 11.4 Å². The van der Waals surface area contributed by atoms with Crippen molar-refractivity contribution in [2.24, 2.45) is 0 Å².